The van der Waals surface area contributed by atoms with E-state index in [1.54, 1.807) is 32.0 Å². The number of nitrogens with one attached hydrogen (secondary N) is 2. The number of aryl methyl sites for hydroxylation is 1. The first kappa shape index (κ1) is 26.2. The maximum Gasteiger partial charge on any atom is 0.257 e. The lowest BCUT2D eigenvalue weighted by Crippen LogP contribution is -2.19. The zero-order valence-electron chi connectivity index (χ0n) is 18.9. The highest BCUT2D eigenvalue weighted by atomic mass is 35.5. The van der Waals surface area contributed by atoms with Gasteiger partial charge in [-0.25, -0.2) is 4.39 Å². The Morgan fingerprint density at radius 1 is 1.03 bits per heavy atom. The minimum absolute atomic E-state index is 0.0130. The van der Waals surface area contributed by atoms with E-state index in [9.17, 15) is 19.2 Å². The number of halogens is 5. The Hall–Kier alpha value is -2.82. The van der Waals surface area contributed by atoms with Crippen LogP contribution in [-0.2, 0) is 4.79 Å². The molecule has 3 atom stereocenters. The molecule has 3 unspecified atom stereocenters. The summed E-state index contributed by atoms with van der Waals surface area (Å²) < 4.78 is 14.4. The van der Waals surface area contributed by atoms with Gasteiger partial charge in [0.15, 0.2) is 0 Å². The van der Waals surface area contributed by atoms with Gasteiger partial charge < -0.3 is 10.6 Å². The topological polar surface area (TPSA) is 82.0 Å². The number of carbonyl (C=O) groups excluding carboxylic acids is 2. The van der Waals surface area contributed by atoms with Crippen molar-refractivity contribution < 1.29 is 14.0 Å². The summed E-state index contributed by atoms with van der Waals surface area (Å²) in [6, 6.07) is 13.9. The van der Waals surface area contributed by atoms with Gasteiger partial charge in [-0.1, -0.05) is 34.8 Å². The third-order valence-electron chi connectivity index (χ3n) is 6.04. The van der Waals surface area contributed by atoms with Gasteiger partial charge in [0.1, 0.15) is 11.9 Å². The van der Waals surface area contributed by atoms with Crippen molar-refractivity contribution in [2.24, 2.45) is 5.92 Å². The number of nitrogens with zero attached hydrogens (tertiary/aromatic N) is 1. The van der Waals surface area contributed by atoms with E-state index in [4.69, 9.17) is 46.4 Å². The predicted octanol–water partition coefficient (Wildman–Crippen LogP) is 7.57. The van der Waals surface area contributed by atoms with Crippen molar-refractivity contribution in [2.75, 3.05) is 10.6 Å². The number of hydrogen-bond acceptors (Lipinski definition) is 3. The number of nitriles is 1. The molecule has 0 radical (unpaired) electrons. The Morgan fingerprint density at radius 3 is 2.33 bits per heavy atom. The van der Waals surface area contributed by atoms with Crippen LogP contribution in [0, 0.1) is 30.0 Å². The standard InChI is InChI=1S/C26H18Cl4FN3O2/c1-12-5-14(11-32)23(20(31)6-12)34-24(35)18-10-17(3-4-19(18)29)33-25(36)22-21(26(22,2)30)13-7-15(27)9-16(28)8-13/h3-10,21-22H,1-2H3,(H,33,36)(H,34,35). The van der Waals surface area contributed by atoms with Gasteiger partial charge in [-0.2, -0.15) is 5.26 Å². The molecule has 2 N–H and O–H groups in total. The molecule has 4 rings (SSSR count). The molecule has 0 spiro atoms. The van der Waals surface area contributed by atoms with Crippen molar-refractivity contribution >= 4 is 69.6 Å². The number of amides is 2. The third kappa shape index (κ3) is 5.16. The highest BCUT2D eigenvalue weighted by Gasteiger charge is 2.65. The molecule has 0 heterocycles. The Labute approximate surface area is 227 Å². The second-order valence-corrected chi connectivity index (χ2v) is 10.8. The van der Waals surface area contributed by atoms with Crippen LogP contribution in [0.3, 0.4) is 0 Å². The van der Waals surface area contributed by atoms with Gasteiger partial charge >= 0.3 is 0 Å². The number of anilines is 2. The van der Waals surface area contributed by atoms with Crippen LogP contribution in [0.4, 0.5) is 15.8 Å². The summed E-state index contributed by atoms with van der Waals surface area (Å²) in [6.07, 6.45) is 0. The zero-order chi connectivity index (χ0) is 26.4. The van der Waals surface area contributed by atoms with Gasteiger partial charge in [-0.15, -0.1) is 11.6 Å². The van der Waals surface area contributed by atoms with Crippen LogP contribution >= 0.6 is 46.4 Å². The summed E-state index contributed by atoms with van der Waals surface area (Å²) in [5, 5.41) is 15.4. The third-order valence-corrected chi connectivity index (χ3v) is 7.28. The van der Waals surface area contributed by atoms with E-state index in [1.165, 1.54) is 30.3 Å². The quantitative estimate of drug-likeness (QED) is 0.313. The number of alkyl halides is 1. The van der Waals surface area contributed by atoms with E-state index in [-0.39, 0.29) is 33.7 Å². The summed E-state index contributed by atoms with van der Waals surface area (Å²) in [5.74, 6) is -2.75. The smallest absolute Gasteiger partial charge is 0.257 e. The van der Waals surface area contributed by atoms with Crippen LogP contribution in [0.25, 0.3) is 0 Å². The van der Waals surface area contributed by atoms with E-state index < -0.39 is 22.5 Å². The first-order chi connectivity index (χ1) is 16.9. The van der Waals surface area contributed by atoms with Gasteiger partial charge in [-0.3, -0.25) is 9.59 Å². The molecule has 0 aliphatic heterocycles. The van der Waals surface area contributed by atoms with Crippen molar-refractivity contribution in [3.8, 4) is 6.07 Å². The molecule has 5 nitrogen and oxygen atoms in total. The summed E-state index contributed by atoms with van der Waals surface area (Å²) >= 11 is 25.1. The van der Waals surface area contributed by atoms with Gasteiger partial charge in [0, 0.05) is 21.7 Å². The maximum atomic E-state index is 14.4. The van der Waals surface area contributed by atoms with Crippen LogP contribution in [0.1, 0.15) is 39.9 Å². The molecule has 3 aromatic rings. The van der Waals surface area contributed by atoms with Gasteiger partial charge in [0.2, 0.25) is 5.91 Å². The maximum absolute atomic E-state index is 14.4. The van der Waals surface area contributed by atoms with E-state index >= 15 is 0 Å². The lowest BCUT2D eigenvalue weighted by Gasteiger charge is -2.12. The van der Waals surface area contributed by atoms with Crippen LogP contribution in [-0.4, -0.2) is 16.7 Å². The van der Waals surface area contributed by atoms with Gasteiger partial charge in [0.25, 0.3) is 5.91 Å². The average molecular weight is 565 g/mol. The summed E-state index contributed by atoms with van der Waals surface area (Å²) in [4.78, 5) is 25.1. The molecular weight excluding hydrogens is 547 g/mol. The molecule has 1 aliphatic rings. The Morgan fingerprint density at radius 2 is 1.69 bits per heavy atom. The van der Waals surface area contributed by atoms with E-state index in [2.05, 4.69) is 10.6 Å². The molecule has 0 saturated heterocycles. The highest BCUT2D eigenvalue weighted by Crippen LogP contribution is 2.62. The second kappa shape index (κ2) is 9.91. The fourth-order valence-corrected chi connectivity index (χ4v) is 5.46. The first-order valence-corrected chi connectivity index (χ1v) is 12.2. The van der Waals surface area contributed by atoms with Crippen LogP contribution in [0.2, 0.25) is 15.1 Å². The summed E-state index contributed by atoms with van der Waals surface area (Å²) in [5.41, 5.74) is 1.29. The predicted molar refractivity (Wildman–Crippen MR) is 141 cm³/mol. The fraction of sp³-hybridized carbons (Fsp3) is 0.192. The molecule has 0 aromatic heterocycles. The molecule has 1 fully saturated rings. The summed E-state index contributed by atoms with van der Waals surface area (Å²) in [6.45, 7) is 3.39. The Kier molecular flexibility index (Phi) is 7.23. The number of carbonyl (C=O) groups is 2. The Balaban J connectivity index is 1.55. The molecule has 0 bridgehead atoms. The SMILES string of the molecule is Cc1cc(F)c(NC(=O)c2cc(NC(=O)C3C(c4cc(Cl)cc(Cl)c4)C3(C)Cl)ccc2Cl)c(C#N)c1. The minimum Gasteiger partial charge on any atom is -0.326 e. The van der Waals surface area contributed by atoms with Gasteiger partial charge in [0.05, 0.1) is 32.6 Å². The van der Waals surface area contributed by atoms with E-state index in [1.807, 2.05) is 6.07 Å². The molecule has 184 valence electrons. The molecule has 3 aromatic carbocycles. The number of rotatable bonds is 5. The minimum atomic E-state index is -0.860. The van der Waals surface area contributed by atoms with Crippen molar-refractivity contribution in [1.29, 1.82) is 5.26 Å². The first-order valence-electron chi connectivity index (χ1n) is 10.7. The average Bonchev–Trinajstić information content (AvgIpc) is 3.38. The van der Waals surface area contributed by atoms with E-state index in [0.717, 1.165) is 5.56 Å². The molecule has 1 aliphatic carbocycles. The second-order valence-electron chi connectivity index (χ2n) is 8.73. The van der Waals surface area contributed by atoms with Crippen LogP contribution in [0.15, 0.2) is 48.5 Å². The lowest BCUT2D eigenvalue weighted by atomic mass is 10.1. The largest absolute Gasteiger partial charge is 0.326 e. The highest BCUT2D eigenvalue weighted by molar-refractivity contribution is 6.35. The van der Waals surface area contributed by atoms with Gasteiger partial charge in [-0.05, 0) is 73.5 Å². The molecule has 2 amide bonds. The molecular formula is C26H18Cl4FN3O2. The molecule has 36 heavy (non-hydrogen) atoms. The number of benzene rings is 3. The summed E-state index contributed by atoms with van der Waals surface area (Å²) in [7, 11) is 0. The normalized spacial score (nSPS) is 20.4. The van der Waals surface area contributed by atoms with Crippen molar-refractivity contribution in [2.45, 2.75) is 24.6 Å². The fourth-order valence-electron chi connectivity index (χ4n) is 4.30. The van der Waals surface area contributed by atoms with E-state index in [0.29, 0.717) is 21.3 Å². The Bertz CT molecular complexity index is 1430. The van der Waals surface area contributed by atoms with Crippen molar-refractivity contribution in [1.82, 2.24) is 0 Å². The van der Waals surface area contributed by atoms with Crippen molar-refractivity contribution in [3.63, 3.8) is 0 Å². The van der Waals surface area contributed by atoms with Crippen LogP contribution < -0.4 is 10.6 Å². The van der Waals surface area contributed by atoms with Crippen LogP contribution in [0.5, 0.6) is 0 Å². The molecule has 1 saturated carbocycles. The zero-order valence-corrected chi connectivity index (χ0v) is 22.0. The number of hydrogen-bond donors (Lipinski definition) is 2. The van der Waals surface area contributed by atoms with Crippen molar-refractivity contribution in [3.05, 3.63) is 91.7 Å². The monoisotopic (exact) mass is 563 g/mol. The molecule has 10 heteroatoms. The lowest BCUT2D eigenvalue weighted by molar-refractivity contribution is -0.117.